The predicted octanol–water partition coefficient (Wildman–Crippen LogP) is 5.79. The summed E-state index contributed by atoms with van der Waals surface area (Å²) in [5, 5.41) is 0. The molecule has 4 aliphatic rings. The molecule has 0 atom stereocenters. The molecule has 26 heavy (non-hydrogen) atoms. The van der Waals surface area contributed by atoms with E-state index in [9.17, 15) is 0 Å². The molecule has 0 aliphatic carbocycles. The first kappa shape index (κ1) is 14.8. The van der Waals surface area contributed by atoms with E-state index in [2.05, 4.69) is 70.7 Å². The number of hydrogen-bond acceptors (Lipinski definition) is 2. The average molecular weight is 332 g/mol. The molecule has 6 heterocycles. The van der Waals surface area contributed by atoms with Gasteiger partial charge in [0.2, 0.25) is 0 Å². The topological polar surface area (TPSA) is 25.8 Å². The molecule has 8 bridgehead atoms. The van der Waals surface area contributed by atoms with Crippen LogP contribution < -0.4 is 0 Å². The monoisotopic (exact) mass is 332 g/mol. The van der Waals surface area contributed by atoms with Crippen molar-refractivity contribution in [1.82, 2.24) is 9.97 Å². The molecule has 0 amide bonds. The molecule has 7 rings (SSSR count). The third-order valence-electron chi connectivity index (χ3n) is 4.61. The highest BCUT2D eigenvalue weighted by Gasteiger charge is 2.07. The minimum absolute atomic E-state index is 0.960. The van der Waals surface area contributed by atoms with Gasteiger partial charge in [0.25, 0.3) is 0 Å². The van der Waals surface area contributed by atoms with Crippen LogP contribution >= 0.6 is 0 Å². The number of aromatic nitrogens is 2. The second kappa shape index (κ2) is 6.08. The highest BCUT2D eigenvalue weighted by molar-refractivity contribution is 5.87. The van der Waals surface area contributed by atoms with Crippen molar-refractivity contribution in [1.29, 1.82) is 0 Å². The van der Waals surface area contributed by atoms with Gasteiger partial charge in [-0.2, -0.15) is 0 Å². The first-order chi connectivity index (χ1) is 12.8. The van der Waals surface area contributed by atoms with Gasteiger partial charge in [-0.15, -0.1) is 0 Å². The molecule has 0 saturated heterocycles. The Kier molecular flexibility index (Phi) is 3.46. The van der Waals surface area contributed by atoms with Crippen LogP contribution in [0.5, 0.6) is 0 Å². The minimum Gasteiger partial charge on any atom is -0.249 e. The summed E-state index contributed by atoms with van der Waals surface area (Å²) in [6.45, 7) is 0. The summed E-state index contributed by atoms with van der Waals surface area (Å²) in [6.07, 6.45) is 16.8. The van der Waals surface area contributed by atoms with Crippen LogP contribution in [-0.2, 0) is 0 Å². The molecular weight excluding hydrogens is 316 g/mol. The first-order valence-corrected chi connectivity index (χ1v) is 8.68. The van der Waals surface area contributed by atoms with Crippen LogP contribution in [-0.4, -0.2) is 9.97 Å². The van der Waals surface area contributed by atoms with Gasteiger partial charge in [0.15, 0.2) is 0 Å². The summed E-state index contributed by atoms with van der Waals surface area (Å²) < 4.78 is 0. The Morgan fingerprint density at radius 1 is 0.385 bits per heavy atom. The van der Waals surface area contributed by atoms with E-state index in [1.165, 1.54) is 22.3 Å². The van der Waals surface area contributed by atoms with E-state index in [0.717, 1.165) is 22.8 Å². The normalized spacial score (nSPS) is 13.5. The SMILES string of the molecule is C1=Cc2cc3c(cc2C=Cc2cccc(n2)C=C3)C=Cc2cccc1n2. The first-order valence-electron chi connectivity index (χ1n) is 8.68. The largest absolute Gasteiger partial charge is 0.249 e. The fraction of sp³-hybridized carbons (Fsp3) is 0. The molecule has 2 aromatic heterocycles. The number of benzene rings is 1. The fourth-order valence-electron chi connectivity index (χ4n) is 3.26. The number of nitrogens with zero attached hydrogens (tertiary/aromatic N) is 2. The quantitative estimate of drug-likeness (QED) is 0.359. The summed E-state index contributed by atoms with van der Waals surface area (Å²) >= 11 is 0. The van der Waals surface area contributed by atoms with Crippen molar-refractivity contribution in [3.63, 3.8) is 0 Å². The molecule has 1 aromatic carbocycles. The van der Waals surface area contributed by atoms with Gasteiger partial charge in [-0.1, -0.05) is 36.4 Å². The fourth-order valence-corrected chi connectivity index (χ4v) is 3.26. The average Bonchev–Trinajstić information content (AvgIpc) is 2.73. The van der Waals surface area contributed by atoms with Gasteiger partial charge in [0, 0.05) is 0 Å². The molecule has 0 spiro atoms. The van der Waals surface area contributed by atoms with E-state index in [0.29, 0.717) is 0 Å². The van der Waals surface area contributed by atoms with Crippen LogP contribution in [0.25, 0.3) is 48.6 Å². The third-order valence-corrected chi connectivity index (χ3v) is 4.61. The molecule has 0 saturated carbocycles. The second-order valence-corrected chi connectivity index (χ2v) is 6.42. The van der Waals surface area contributed by atoms with E-state index in [1.807, 2.05) is 36.4 Å². The molecule has 2 nitrogen and oxygen atoms in total. The lowest BCUT2D eigenvalue weighted by Crippen LogP contribution is -1.88. The maximum Gasteiger partial charge on any atom is 0.0637 e. The van der Waals surface area contributed by atoms with Gasteiger partial charge in [-0.25, -0.2) is 9.97 Å². The number of rotatable bonds is 0. The zero-order valence-corrected chi connectivity index (χ0v) is 14.1. The summed E-state index contributed by atoms with van der Waals surface area (Å²) in [6, 6.07) is 16.7. The molecule has 122 valence electrons. The minimum atomic E-state index is 0.960. The zero-order chi connectivity index (χ0) is 17.3. The maximum atomic E-state index is 4.67. The summed E-state index contributed by atoms with van der Waals surface area (Å²) in [5.74, 6) is 0. The van der Waals surface area contributed by atoms with Crippen molar-refractivity contribution in [2.45, 2.75) is 0 Å². The Morgan fingerprint density at radius 2 is 0.692 bits per heavy atom. The van der Waals surface area contributed by atoms with Crippen LogP contribution in [0.4, 0.5) is 0 Å². The van der Waals surface area contributed by atoms with Gasteiger partial charge in [0.05, 0.1) is 22.8 Å². The van der Waals surface area contributed by atoms with Crippen molar-refractivity contribution in [2.75, 3.05) is 0 Å². The lowest BCUT2D eigenvalue weighted by molar-refractivity contribution is 1.27. The molecule has 2 heteroatoms. The Hall–Kier alpha value is -3.52. The van der Waals surface area contributed by atoms with Crippen LogP contribution in [0, 0.1) is 0 Å². The summed E-state index contributed by atoms with van der Waals surface area (Å²) in [5.41, 5.74) is 8.51. The maximum absolute atomic E-state index is 4.67. The van der Waals surface area contributed by atoms with Gasteiger partial charge in [-0.05, 0) is 83.0 Å². The second-order valence-electron chi connectivity index (χ2n) is 6.42. The number of hydrogen-bond donors (Lipinski definition) is 0. The number of pyridine rings is 2. The van der Waals surface area contributed by atoms with E-state index in [4.69, 9.17) is 0 Å². The third kappa shape index (κ3) is 2.82. The highest BCUT2D eigenvalue weighted by Crippen LogP contribution is 2.26. The Labute approximate surface area is 152 Å². The summed E-state index contributed by atoms with van der Waals surface area (Å²) in [7, 11) is 0. The molecule has 0 radical (unpaired) electrons. The van der Waals surface area contributed by atoms with Crippen molar-refractivity contribution < 1.29 is 0 Å². The van der Waals surface area contributed by atoms with Crippen molar-refractivity contribution >= 4 is 48.6 Å². The standard InChI is InChI=1S/C24H16N2/c1-3-21-11-7-17-15-20-10-14-24-6-2-5-23(26-24)13-9-19(17)16-18(20)8-12-22(4-1)25-21/h1-16H. The van der Waals surface area contributed by atoms with Crippen LogP contribution in [0.15, 0.2) is 48.5 Å². The van der Waals surface area contributed by atoms with E-state index < -0.39 is 0 Å². The predicted molar refractivity (Wildman–Crippen MR) is 111 cm³/mol. The summed E-state index contributed by atoms with van der Waals surface area (Å²) in [4.78, 5) is 9.34. The van der Waals surface area contributed by atoms with Gasteiger partial charge < -0.3 is 0 Å². The Bertz CT molecular complexity index is 962. The molecule has 3 aromatic rings. The Morgan fingerprint density at radius 3 is 1.00 bits per heavy atom. The molecule has 4 aliphatic heterocycles. The molecule has 0 N–H and O–H groups in total. The van der Waals surface area contributed by atoms with Crippen molar-refractivity contribution in [2.24, 2.45) is 0 Å². The van der Waals surface area contributed by atoms with Gasteiger partial charge >= 0.3 is 0 Å². The van der Waals surface area contributed by atoms with E-state index >= 15 is 0 Å². The highest BCUT2D eigenvalue weighted by atomic mass is 14.7. The van der Waals surface area contributed by atoms with Crippen LogP contribution in [0.3, 0.4) is 0 Å². The molecular formula is C24H16N2. The van der Waals surface area contributed by atoms with E-state index in [1.54, 1.807) is 0 Å². The van der Waals surface area contributed by atoms with Crippen LogP contribution in [0.2, 0.25) is 0 Å². The molecule has 0 unspecified atom stereocenters. The van der Waals surface area contributed by atoms with Gasteiger partial charge in [-0.3, -0.25) is 0 Å². The van der Waals surface area contributed by atoms with Crippen LogP contribution in [0.1, 0.15) is 45.0 Å². The smallest absolute Gasteiger partial charge is 0.0637 e. The van der Waals surface area contributed by atoms with Gasteiger partial charge in [0.1, 0.15) is 0 Å². The van der Waals surface area contributed by atoms with Crippen molar-refractivity contribution in [3.05, 3.63) is 93.6 Å². The van der Waals surface area contributed by atoms with E-state index in [-0.39, 0.29) is 0 Å². The zero-order valence-electron chi connectivity index (χ0n) is 14.1. The Balaban J connectivity index is 1.79. The molecule has 0 fully saturated rings. The lowest BCUT2D eigenvalue weighted by atomic mass is 9.96. The van der Waals surface area contributed by atoms with Crippen molar-refractivity contribution in [3.8, 4) is 0 Å². The lowest BCUT2D eigenvalue weighted by Gasteiger charge is -2.08.